The Morgan fingerprint density at radius 1 is 0.590 bits per heavy atom. The summed E-state index contributed by atoms with van der Waals surface area (Å²) in [6.07, 6.45) is 23.2. The van der Waals surface area contributed by atoms with Gasteiger partial charge in [-0.25, -0.2) is 0 Å². The van der Waals surface area contributed by atoms with Gasteiger partial charge in [0.25, 0.3) is 0 Å². The van der Waals surface area contributed by atoms with Gasteiger partial charge in [-0.15, -0.1) is 0 Å². The minimum Gasteiger partial charge on any atom is -0.0726 e. The van der Waals surface area contributed by atoms with E-state index in [1.807, 2.05) is 0 Å². The molecule has 0 N–H and O–H groups in total. The van der Waals surface area contributed by atoms with Crippen LogP contribution in [0.1, 0.15) is 62.5 Å². The van der Waals surface area contributed by atoms with Gasteiger partial charge in [-0.05, 0) is 59.1 Å². The van der Waals surface area contributed by atoms with Gasteiger partial charge in [-0.3, -0.25) is 0 Å². The van der Waals surface area contributed by atoms with Gasteiger partial charge >= 0.3 is 0 Å². The normalized spacial score (nSPS) is 22.6. The Morgan fingerprint density at radius 2 is 1.00 bits per heavy atom. The van der Waals surface area contributed by atoms with Gasteiger partial charge in [0.15, 0.2) is 0 Å². The van der Waals surface area contributed by atoms with Crippen LogP contribution in [0.4, 0.5) is 0 Å². The van der Waals surface area contributed by atoms with E-state index in [4.69, 9.17) is 0 Å². The van der Waals surface area contributed by atoms with Gasteiger partial charge in [-0.2, -0.15) is 0 Å². The predicted octanol–water partition coefficient (Wildman–Crippen LogP) is 10.4. The fraction of sp³-hybridized carbons (Fsp3) is 0.263. The summed E-state index contributed by atoms with van der Waals surface area (Å²) < 4.78 is 0. The lowest BCUT2D eigenvalue weighted by Crippen LogP contribution is -2.37. The van der Waals surface area contributed by atoms with Crippen LogP contribution in [0.2, 0.25) is 13.1 Å². The number of rotatable bonds is 6. The lowest BCUT2D eigenvalue weighted by Gasteiger charge is -2.36. The fourth-order valence-electron chi connectivity index (χ4n) is 7.59. The van der Waals surface area contributed by atoms with Crippen molar-refractivity contribution < 1.29 is 0 Å². The highest BCUT2D eigenvalue weighted by molar-refractivity contribution is 6.92. The van der Waals surface area contributed by atoms with Crippen molar-refractivity contribution in [2.24, 2.45) is 0 Å². The summed E-state index contributed by atoms with van der Waals surface area (Å²) in [5.41, 5.74) is 12.4. The zero-order chi connectivity index (χ0) is 27.0. The Morgan fingerprint density at radius 3 is 1.38 bits per heavy atom. The molecule has 0 spiro atoms. The Balaban J connectivity index is 1.54. The molecular formula is C38H40Si. The van der Waals surface area contributed by atoms with E-state index in [2.05, 4.69) is 136 Å². The van der Waals surface area contributed by atoms with E-state index in [0.29, 0.717) is 11.8 Å². The van der Waals surface area contributed by atoms with Crippen molar-refractivity contribution in [2.45, 2.75) is 64.5 Å². The van der Waals surface area contributed by atoms with Crippen molar-refractivity contribution in [1.82, 2.24) is 0 Å². The molecule has 196 valence electrons. The van der Waals surface area contributed by atoms with Crippen molar-refractivity contribution in [3.05, 3.63) is 164 Å². The van der Waals surface area contributed by atoms with Crippen molar-refractivity contribution in [1.29, 1.82) is 0 Å². The van der Waals surface area contributed by atoms with Gasteiger partial charge in [0, 0.05) is 11.8 Å². The van der Waals surface area contributed by atoms with Crippen LogP contribution in [-0.2, 0) is 0 Å². The summed E-state index contributed by atoms with van der Waals surface area (Å²) in [4.78, 5) is 0. The van der Waals surface area contributed by atoms with Crippen molar-refractivity contribution in [3.63, 3.8) is 0 Å². The molecular weight excluding hydrogens is 485 g/mol. The third-order valence-electron chi connectivity index (χ3n) is 9.21. The van der Waals surface area contributed by atoms with Crippen LogP contribution in [0.5, 0.6) is 0 Å². The van der Waals surface area contributed by atoms with E-state index in [0.717, 1.165) is 25.7 Å². The van der Waals surface area contributed by atoms with E-state index in [-0.39, 0.29) is 0 Å². The quantitative estimate of drug-likeness (QED) is 0.330. The van der Waals surface area contributed by atoms with Crippen molar-refractivity contribution in [2.75, 3.05) is 0 Å². The zero-order valence-corrected chi connectivity index (χ0v) is 24.9. The van der Waals surface area contributed by atoms with Gasteiger partial charge in [0.05, 0.1) is 0 Å². The molecule has 0 nitrogen and oxygen atoms in total. The molecule has 0 saturated carbocycles. The standard InChI is InChI=1S/C38H40Si/c1-5-27-25-31-21-13-15-23-33(29-17-9-7-10-18-29)35(31)37(27)39(3,4)38-28(6-2)26-32-22-14-16-24-34(36(32)38)30-19-11-8-12-20-30/h7-24,33-34H,5-6,25-26H2,1-4H3. The molecule has 0 bridgehead atoms. The molecule has 2 unspecified atom stereocenters. The first kappa shape index (κ1) is 25.8. The van der Waals surface area contributed by atoms with E-state index in [9.17, 15) is 0 Å². The molecule has 0 aliphatic heterocycles. The van der Waals surface area contributed by atoms with Gasteiger partial charge in [0.1, 0.15) is 8.07 Å². The summed E-state index contributed by atoms with van der Waals surface area (Å²) in [6, 6.07) is 22.4. The minimum atomic E-state index is -2.11. The second-order valence-corrected chi connectivity index (χ2v) is 16.0. The maximum Gasteiger partial charge on any atom is 0.112 e. The lowest BCUT2D eigenvalue weighted by molar-refractivity contribution is 0.998. The molecule has 0 fully saturated rings. The molecule has 2 aromatic carbocycles. The smallest absolute Gasteiger partial charge is 0.0726 e. The SMILES string of the molecule is CCC1=C([Si](C)(C)C2=C(CC)CC3=C2C(c2ccccc2)C=CC=C3)C2=C(C=CC=CC2c2ccccc2)C1. The van der Waals surface area contributed by atoms with E-state index in [1.165, 1.54) is 22.3 Å². The number of hydrogen-bond donors (Lipinski definition) is 0. The Hall–Kier alpha value is -3.42. The first-order valence-corrected chi connectivity index (χ1v) is 17.8. The first-order chi connectivity index (χ1) is 19.0. The van der Waals surface area contributed by atoms with Crippen LogP contribution >= 0.6 is 0 Å². The minimum absolute atomic E-state index is 0.307. The molecule has 1 heteroatoms. The summed E-state index contributed by atoms with van der Waals surface area (Å²) in [5, 5.41) is 3.45. The highest BCUT2D eigenvalue weighted by Gasteiger charge is 2.45. The van der Waals surface area contributed by atoms with Crippen LogP contribution in [-0.4, -0.2) is 8.07 Å². The third kappa shape index (κ3) is 4.47. The average molecular weight is 525 g/mol. The topological polar surface area (TPSA) is 0 Å². The summed E-state index contributed by atoms with van der Waals surface area (Å²) >= 11 is 0. The Bertz CT molecular complexity index is 1400. The highest BCUT2D eigenvalue weighted by Crippen LogP contribution is 2.54. The number of allylic oxidation sites excluding steroid dienone is 16. The van der Waals surface area contributed by atoms with Gasteiger partial charge in [0.2, 0.25) is 0 Å². The molecule has 39 heavy (non-hydrogen) atoms. The second kappa shape index (κ2) is 10.6. The Labute approximate surface area is 236 Å². The van der Waals surface area contributed by atoms with Gasteiger partial charge < -0.3 is 0 Å². The predicted molar refractivity (Wildman–Crippen MR) is 170 cm³/mol. The Kier molecular flexibility index (Phi) is 7.04. The van der Waals surface area contributed by atoms with Crippen molar-refractivity contribution >= 4 is 8.07 Å². The lowest BCUT2D eigenvalue weighted by atomic mass is 9.89. The van der Waals surface area contributed by atoms with Crippen LogP contribution in [0, 0.1) is 0 Å². The highest BCUT2D eigenvalue weighted by atomic mass is 28.3. The first-order valence-electron chi connectivity index (χ1n) is 14.8. The molecule has 0 aromatic heterocycles. The van der Waals surface area contributed by atoms with E-state index >= 15 is 0 Å². The van der Waals surface area contributed by atoms with E-state index in [1.54, 1.807) is 32.7 Å². The second-order valence-electron chi connectivity index (χ2n) is 11.8. The largest absolute Gasteiger partial charge is 0.112 e. The molecule has 0 heterocycles. The maximum absolute atomic E-state index is 2.66. The van der Waals surface area contributed by atoms with Gasteiger partial charge in [-0.1, -0.05) is 158 Å². The summed E-state index contributed by atoms with van der Waals surface area (Å²) in [7, 11) is -2.11. The summed E-state index contributed by atoms with van der Waals surface area (Å²) in [5.74, 6) is 0.614. The molecule has 6 rings (SSSR count). The maximum atomic E-state index is 2.66. The zero-order valence-electron chi connectivity index (χ0n) is 23.9. The molecule has 2 atom stereocenters. The molecule has 0 amide bonds. The molecule has 0 saturated heterocycles. The van der Waals surface area contributed by atoms with Crippen LogP contribution in [0.25, 0.3) is 0 Å². The number of benzene rings is 2. The van der Waals surface area contributed by atoms with Crippen molar-refractivity contribution in [3.8, 4) is 0 Å². The molecule has 2 aromatic rings. The van der Waals surface area contributed by atoms with E-state index < -0.39 is 8.07 Å². The van der Waals surface area contributed by atoms with Crippen LogP contribution < -0.4 is 0 Å². The van der Waals surface area contributed by atoms with Crippen LogP contribution in [0.15, 0.2) is 153 Å². The fourth-order valence-corrected chi connectivity index (χ4v) is 12.1. The summed E-state index contributed by atoms with van der Waals surface area (Å²) in [6.45, 7) is 10.1. The molecule has 4 aliphatic carbocycles. The molecule has 4 aliphatic rings. The van der Waals surface area contributed by atoms with Crippen LogP contribution in [0.3, 0.4) is 0 Å². The molecule has 0 radical (unpaired) electrons. The number of hydrogen-bond acceptors (Lipinski definition) is 0. The third-order valence-corrected chi connectivity index (χ3v) is 13.0. The average Bonchev–Trinajstić information content (AvgIpc) is 3.38. The monoisotopic (exact) mass is 524 g/mol.